The molecule has 13 aromatic carbocycles. The highest BCUT2D eigenvalue weighted by atomic mass is 15.2. The Bertz CT molecular complexity index is 5490. The maximum Gasteiger partial charge on any atom is 0.252 e. The molecule has 2 aliphatic heterocycles. The third-order valence-electron chi connectivity index (χ3n) is 21.8. The third-order valence-corrected chi connectivity index (χ3v) is 21.8. The van der Waals surface area contributed by atoms with Crippen LogP contribution in [-0.4, -0.2) is 20.4 Å². The van der Waals surface area contributed by atoms with Gasteiger partial charge in [0.25, 0.3) is 6.71 Å². The Morgan fingerprint density at radius 2 is 0.500 bits per heavy atom. The van der Waals surface area contributed by atoms with Crippen LogP contribution in [0.2, 0.25) is 0 Å². The fraction of sp³-hybridized carbons (Fsp3) is 0.170. The molecule has 0 unspecified atom stereocenters. The number of aromatic nitrogens is 3. The number of nitrogens with zero attached hydrogens (tertiary/aromatic N) is 5. The molecule has 486 valence electrons. The average molecular weight is 1290 g/mol. The van der Waals surface area contributed by atoms with E-state index in [0.717, 1.165) is 62.2 Å². The maximum atomic E-state index is 2.61. The third kappa shape index (κ3) is 9.72. The van der Waals surface area contributed by atoms with Crippen molar-refractivity contribution in [3.05, 3.63) is 301 Å². The summed E-state index contributed by atoms with van der Waals surface area (Å²) >= 11 is 0. The lowest BCUT2D eigenvalue weighted by molar-refractivity contribution is 0.590. The minimum atomic E-state index is -0.193. The lowest BCUT2D eigenvalue weighted by Gasteiger charge is -2.44. The zero-order valence-corrected chi connectivity index (χ0v) is 59.4. The SMILES string of the molecule is CC(C)(C)c1ccc2c3ccc(C(C)(C)C)cc3n(-c3ccc4c(c3)N(c3ccc(-c5ccccc5)cc3)c3cc(-n5c6ccccc6c6ccccc65)cc5c3B4c3ccc(-n4c6cc(C(C)(C)C)ccc6c6ccc(C(C)(C)C)cc64)cc3N5c3ccc(-c4ccccc4)cc3)c2c1. The second-order valence-corrected chi connectivity index (χ2v) is 32.3. The number of para-hydroxylation sites is 2. The van der Waals surface area contributed by atoms with Gasteiger partial charge in [0.1, 0.15) is 0 Å². The molecule has 5 heterocycles. The molecule has 0 bridgehead atoms. The number of fused-ring (bicyclic) bond motifs is 13. The van der Waals surface area contributed by atoms with Crippen molar-refractivity contribution in [1.82, 2.24) is 13.7 Å². The molecule has 0 radical (unpaired) electrons. The second-order valence-electron chi connectivity index (χ2n) is 32.3. The van der Waals surface area contributed by atoms with Gasteiger partial charge in [0.15, 0.2) is 0 Å². The maximum absolute atomic E-state index is 2.61. The Labute approximate surface area is 587 Å². The number of hydrogen-bond donors (Lipinski definition) is 0. The largest absolute Gasteiger partial charge is 0.311 e. The van der Waals surface area contributed by atoms with Gasteiger partial charge in [-0.15, -0.1) is 0 Å². The smallest absolute Gasteiger partial charge is 0.252 e. The zero-order valence-electron chi connectivity index (χ0n) is 59.4. The minimum Gasteiger partial charge on any atom is -0.311 e. The first-order valence-electron chi connectivity index (χ1n) is 35.7. The summed E-state index contributed by atoms with van der Waals surface area (Å²) < 4.78 is 7.67. The molecule has 0 saturated carbocycles. The highest BCUT2D eigenvalue weighted by molar-refractivity contribution is 7.00. The monoisotopic (exact) mass is 1290 g/mol. The summed E-state index contributed by atoms with van der Waals surface area (Å²) in [7, 11) is 0. The Morgan fingerprint density at radius 3 is 0.840 bits per heavy atom. The van der Waals surface area contributed by atoms with Crippen molar-refractivity contribution in [1.29, 1.82) is 0 Å². The van der Waals surface area contributed by atoms with Crippen LogP contribution in [0.3, 0.4) is 0 Å². The fourth-order valence-corrected chi connectivity index (χ4v) is 16.4. The minimum absolute atomic E-state index is 0.0710. The number of hydrogen-bond acceptors (Lipinski definition) is 2. The van der Waals surface area contributed by atoms with Crippen molar-refractivity contribution in [2.45, 2.75) is 105 Å². The molecule has 5 nitrogen and oxygen atoms in total. The quantitative estimate of drug-likeness (QED) is 0.148. The molecule has 0 atom stereocenters. The molecule has 18 rings (SSSR count). The van der Waals surface area contributed by atoms with E-state index in [4.69, 9.17) is 0 Å². The highest BCUT2D eigenvalue weighted by Gasteiger charge is 2.45. The van der Waals surface area contributed by atoms with Crippen LogP contribution in [0.25, 0.3) is 105 Å². The van der Waals surface area contributed by atoms with Gasteiger partial charge in [-0.1, -0.05) is 265 Å². The molecular formula is C94H82BN5. The normalized spacial score (nSPS) is 13.3. The van der Waals surface area contributed by atoms with Crippen molar-refractivity contribution in [3.63, 3.8) is 0 Å². The highest BCUT2D eigenvalue weighted by Crippen LogP contribution is 2.50. The summed E-state index contributed by atoms with van der Waals surface area (Å²) in [6, 6.07) is 107. The summed E-state index contributed by atoms with van der Waals surface area (Å²) in [6.45, 7) is 27.8. The van der Waals surface area contributed by atoms with Crippen LogP contribution in [0, 0.1) is 0 Å². The van der Waals surface area contributed by atoms with Gasteiger partial charge in [-0.3, -0.25) is 0 Å². The molecule has 0 N–H and O–H groups in total. The first kappa shape index (κ1) is 61.3. The van der Waals surface area contributed by atoms with Gasteiger partial charge in [-0.05, 0) is 180 Å². The summed E-state index contributed by atoms with van der Waals surface area (Å²) in [4.78, 5) is 5.23. The second kappa shape index (κ2) is 22.2. The number of benzene rings is 13. The van der Waals surface area contributed by atoms with Gasteiger partial charge >= 0.3 is 0 Å². The van der Waals surface area contributed by atoms with E-state index in [2.05, 4.69) is 386 Å². The topological polar surface area (TPSA) is 21.3 Å². The first-order chi connectivity index (χ1) is 48.1. The van der Waals surface area contributed by atoms with E-state index in [1.54, 1.807) is 0 Å². The Morgan fingerprint density at radius 1 is 0.220 bits per heavy atom. The summed E-state index contributed by atoms with van der Waals surface area (Å²) in [6.07, 6.45) is 0. The zero-order chi connectivity index (χ0) is 68.5. The van der Waals surface area contributed by atoms with Crippen LogP contribution in [0.4, 0.5) is 34.1 Å². The van der Waals surface area contributed by atoms with Gasteiger partial charge in [0.05, 0.1) is 38.8 Å². The van der Waals surface area contributed by atoms with Crippen molar-refractivity contribution in [2.75, 3.05) is 9.80 Å². The van der Waals surface area contributed by atoms with Gasteiger partial charge in [0.2, 0.25) is 0 Å². The summed E-state index contributed by atoms with van der Waals surface area (Å²) in [5.41, 5.74) is 30.6. The van der Waals surface area contributed by atoms with Crippen LogP contribution >= 0.6 is 0 Å². The van der Waals surface area contributed by atoms with Crippen molar-refractivity contribution in [3.8, 4) is 39.3 Å². The Kier molecular flexibility index (Phi) is 13.6. The molecule has 0 fully saturated rings. The fourth-order valence-electron chi connectivity index (χ4n) is 16.4. The number of anilines is 6. The van der Waals surface area contributed by atoms with Crippen molar-refractivity contribution >= 4 is 123 Å². The van der Waals surface area contributed by atoms with Gasteiger partial charge in [-0.2, -0.15) is 0 Å². The predicted octanol–water partition coefficient (Wildman–Crippen LogP) is 23.6. The Hall–Kier alpha value is -11.1. The first-order valence-corrected chi connectivity index (χ1v) is 35.7. The summed E-state index contributed by atoms with van der Waals surface area (Å²) in [5.74, 6) is 0. The molecule has 0 spiro atoms. The van der Waals surface area contributed by atoms with Crippen LogP contribution < -0.4 is 26.2 Å². The molecule has 6 heteroatoms. The van der Waals surface area contributed by atoms with E-state index < -0.39 is 0 Å². The van der Waals surface area contributed by atoms with E-state index >= 15 is 0 Å². The lowest BCUT2D eigenvalue weighted by Crippen LogP contribution is -2.61. The van der Waals surface area contributed by atoms with Crippen LogP contribution in [-0.2, 0) is 21.7 Å². The van der Waals surface area contributed by atoms with Gasteiger partial charge in [0, 0.05) is 77.8 Å². The van der Waals surface area contributed by atoms with Crippen molar-refractivity contribution < 1.29 is 0 Å². The number of rotatable bonds is 7. The molecule has 100 heavy (non-hydrogen) atoms. The standard InChI is InChI=1S/C94H82BN5/c1-91(2,3)63-35-45-74-75-46-36-64(92(4,5)6)52-83(75)98(82(74)51-63)69-43-49-78-86(55-69)96(67-39-31-61(32-40-67)59-23-15-13-16-24-59)88-57-71(100-80-29-21-19-27-72(80)73-28-20-22-30-81(73)100)58-89-90(88)95(78)79-50-44-70(56-87(79)97(89)68-41-33-62(34-42-68)60-25-17-14-18-26-60)99-84-53-65(93(7,8)9)37-47-76(84)77-48-38-66(54-85(77)99)94(10,11)12/h13-58H,1-12H3. The lowest BCUT2D eigenvalue weighted by atomic mass is 9.33. The van der Waals surface area contributed by atoms with Crippen LogP contribution in [0.5, 0.6) is 0 Å². The van der Waals surface area contributed by atoms with E-state index in [-0.39, 0.29) is 28.4 Å². The molecule has 0 aliphatic carbocycles. The molecule has 3 aromatic heterocycles. The van der Waals surface area contributed by atoms with Crippen LogP contribution in [0.15, 0.2) is 279 Å². The van der Waals surface area contributed by atoms with E-state index in [1.807, 2.05) is 0 Å². The Balaban J connectivity index is 0.975. The summed E-state index contributed by atoms with van der Waals surface area (Å²) in [5, 5.41) is 7.45. The molecular weight excluding hydrogens is 1210 g/mol. The molecule has 2 aliphatic rings. The average Bonchev–Trinajstić information content (AvgIpc) is 0.800. The predicted molar refractivity (Wildman–Crippen MR) is 429 cm³/mol. The van der Waals surface area contributed by atoms with E-state index in [1.165, 1.54) is 115 Å². The van der Waals surface area contributed by atoms with Crippen molar-refractivity contribution in [2.24, 2.45) is 0 Å². The molecule has 0 saturated heterocycles. The van der Waals surface area contributed by atoms with Gasteiger partial charge in [-0.25, -0.2) is 0 Å². The van der Waals surface area contributed by atoms with E-state index in [0.29, 0.717) is 0 Å². The molecule has 0 amide bonds. The van der Waals surface area contributed by atoms with E-state index in [9.17, 15) is 0 Å². The van der Waals surface area contributed by atoms with Crippen LogP contribution in [0.1, 0.15) is 105 Å². The van der Waals surface area contributed by atoms with Gasteiger partial charge < -0.3 is 23.5 Å². The molecule has 16 aromatic rings.